The van der Waals surface area contributed by atoms with Gasteiger partial charge in [0.05, 0.1) is 0 Å². The molecule has 1 fully saturated rings. The molecule has 0 heterocycles. The van der Waals surface area contributed by atoms with Crippen molar-refractivity contribution in [2.45, 2.75) is 57.7 Å². The molecule has 5 heteroatoms. The van der Waals surface area contributed by atoms with E-state index in [2.05, 4.69) is 5.32 Å². The molecule has 116 valence electrons. The van der Waals surface area contributed by atoms with E-state index in [4.69, 9.17) is 22.1 Å². The Morgan fingerprint density at radius 1 is 1.43 bits per heavy atom. The number of hydrogen-bond donors (Lipinski definition) is 2. The molecule has 1 amide bonds. The molecule has 0 radical (unpaired) electrons. The van der Waals surface area contributed by atoms with Crippen LogP contribution in [0.5, 0.6) is 5.75 Å². The predicted octanol–water partition coefficient (Wildman–Crippen LogP) is 3.01. The van der Waals surface area contributed by atoms with Crippen molar-refractivity contribution in [2.24, 2.45) is 5.73 Å². The van der Waals surface area contributed by atoms with E-state index >= 15 is 0 Å². The highest BCUT2D eigenvalue weighted by Crippen LogP contribution is 2.24. The number of ether oxygens (including phenoxy) is 1. The van der Waals surface area contributed by atoms with Crippen LogP contribution < -0.4 is 15.8 Å². The number of benzene rings is 1. The highest BCUT2D eigenvalue weighted by molar-refractivity contribution is 6.30. The highest BCUT2D eigenvalue weighted by Gasteiger charge is 2.21. The summed E-state index contributed by atoms with van der Waals surface area (Å²) in [6.07, 6.45) is 5.23. The maximum atomic E-state index is 12.2. The standard InChI is InChI=1S/C16H23ClN2O2/c1-11(16(20)19-14-5-3-2-4-6-14)21-15-8-7-13(17)9-12(15)10-18/h7-9,11,14H,2-6,10,18H2,1H3,(H,19,20). The zero-order valence-corrected chi connectivity index (χ0v) is 13.2. The second-order valence-corrected chi connectivity index (χ2v) is 6.00. The van der Waals surface area contributed by atoms with E-state index in [1.807, 2.05) is 0 Å². The Labute approximate surface area is 131 Å². The summed E-state index contributed by atoms with van der Waals surface area (Å²) < 4.78 is 5.74. The maximum Gasteiger partial charge on any atom is 0.260 e. The average Bonchev–Trinajstić information content (AvgIpc) is 2.49. The smallest absolute Gasteiger partial charge is 0.260 e. The lowest BCUT2D eigenvalue weighted by molar-refractivity contribution is -0.128. The summed E-state index contributed by atoms with van der Waals surface area (Å²) >= 11 is 5.93. The minimum Gasteiger partial charge on any atom is -0.481 e. The Balaban J connectivity index is 1.93. The van der Waals surface area contributed by atoms with E-state index < -0.39 is 6.10 Å². The van der Waals surface area contributed by atoms with E-state index in [1.54, 1.807) is 25.1 Å². The van der Waals surface area contributed by atoms with Gasteiger partial charge in [-0.1, -0.05) is 30.9 Å². The van der Waals surface area contributed by atoms with Gasteiger partial charge in [0.25, 0.3) is 5.91 Å². The van der Waals surface area contributed by atoms with Gasteiger partial charge in [0.1, 0.15) is 5.75 Å². The molecule has 1 atom stereocenters. The molecule has 1 aromatic rings. The number of nitrogens with two attached hydrogens (primary N) is 1. The Kier molecular flexibility index (Phi) is 5.88. The zero-order chi connectivity index (χ0) is 15.2. The minimum atomic E-state index is -0.543. The van der Waals surface area contributed by atoms with Gasteiger partial charge in [-0.15, -0.1) is 0 Å². The Morgan fingerprint density at radius 2 is 2.14 bits per heavy atom. The van der Waals surface area contributed by atoms with Crippen molar-refractivity contribution in [3.05, 3.63) is 28.8 Å². The van der Waals surface area contributed by atoms with Crippen LogP contribution in [0, 0.1) is 0 Å². The van der Waals surface area contributed by atoms with Crippen molar-refractivity contribution in [2.75, 3.05) is 0 Å². The van der Waals surface area contributed by atoms with Crippen LogP contribution in [-0.2, 0) is 11.3 Å². The Hall–Kier alpha value is -1.26. The first-order chi connectivity index (χ1) is 10.1. The number of carbonyl (C=O) groups is 1. The molecule has 0 saturated heterocycles. The van der Waals surface area contributed by atoms with Crippen molar-refractivity contribution in [1.29, 1.82) is 0 Å². The third-order valence-corrected chi connectivity index (χ3v) is 4.10. The zero-order valence-electron chi connectivity index (χ0n) is 12.4. The number of carbonyl (C=O) groups excluding carboxylic acids is 1. The van der Waals surface area contributed by atoms with Gasteiger partial charge in [-0.05, 0) is 38.0 Å². The Morgan fingerprint density at radius 3 is 2.81 bits per heavy atom. The molecule has 1 saturated carbocycles. The average molecular weight is 311 g/mol. The van der Waals surface area contributed by atoms with Crippen LogP contribution >= 0.6 is 11.6 Å². The van der Waals surface area contributed by atoms with Crippen LogP contribution in [0.15, 0.2) is 18.2 Å². The van der Waals surface area contributed by atoms with E-state index in [1.165, 1.54) is 19.3 Å². The van der Waals surface area contributed by atoms with Crippen LogP contribution in [0.4, 0.5) is 0 Å². The molecule has 0 aliphatic heterocycles. The first-order valence-electron chi connectivity index (χ1n) is 7.55. The van der Waals surface area contributed by atoms with Gasteiger partial charge in [-0.3, -0.25) is 4.79 Å². The molecule has 0 spiro atoms. The van der Waals surface area contributed by atoms with Crippen molar-refractivity contribution < 1.29 is 9.53 Å². The second kappa shape index (κ2) is 7.66. The minimum absolute atomic E-state index is 0.0696. The Bertz CT molecular complexity index is 487. The lowest BCUT2D eigenvalue weighted by Gasteiger charge is -2.25. The number of nitrogens with one attached hydrogen (secondary N) is 1. The fraction of sp³-hybridized carbons (Fsp3) is 0.562. The molecular formula is C16H23ClN2O2. The fourth-order valence-corrected chi connectivity index (χ4v) is 2.83. The predicted molar refractivity (Wildman–Crippen MR) is 84.4 cm³/mol. The maximum absolute atomic E-state index is 12.2. The van der Waals surface area contributed by atoms with Crippen molar-refractivity contribution >= 4 is 17.5 Å². The summed E-state index contributed by atoms with van der Waals surface area (Å²) in [5.74, 6) is 0.549. The van der Waals surface area contributed by atoms with Crippen LogP contribution in [0.1, 0.15) is 44.6 Å². The first-order valence-corrected chi connectivity index (χ1v) is 7.93. The number of hydrogen-bond acceptors (Lipinski definition) is 3. The van der Waals surface area contributed by atoms with Crippen molar-refractivity contribution in [1.82, 2.24) is 5.32 Å². The monoisotopic (exact) mass is 310 g/mol. The van der Waals surface area contributed by atoms with Gasteiger partial charge in [-0.25, -0.2) is 0 Å². The quantitative estimate of drug-likeness (QED) is 0.878. The van der Waals surface area contributed by atoms with Gasteiger partial charge < -0.3 is 15.8 Å². The van der Waals surface area contributed by atoms with Crippen LogP contribution in [0.3, 0.4) is 0 Å². The second-order valence-electron chi connectivity index (χ2n) is 5.56. The van der Waals surface area contributed by atoms with Crippen LogP contribution in [-0.4, -0.2) is 18.1 Å². The van der Waals surface area contributed by atoms with E-state index in [0.29, 0.717) is 17.3 Å². The van der Waals surface area contributed by atoms with Gasteiger partial charge in [0.15, 0.2) is 6.10 Å². The lowest BCUT2D eigenvalue weighted by atomic mass is 9.95. The van der Waals surface area contributed by atoms with E-state index in [0.717, 1.165) is 18.4 Å². The SMILES string of the molecule is CC(Oc1ccc(Cl)cc1CN)C(=O)NC1CCCCC1. The number of halogens is 1. The molecule has 1 aliphatic rings. The van der Waals surface area contributed by atoms with Crippen molar-refractivity contribution in [3.63, 3.8) is 0 Å². The molecule has 4 nitrogen and oxygen atoms in total. The summed E-state index contributed by atoms with van der Waals surface area (Å²) in [5, 5.41) is 3.68. The van der Waals surface area contributed by atoms with Crippen LogP contribution in [0.2, 0.25) is 5.02 Å². The topological polar surface area (TPSA) is 64.3 Å². The normalized spacial score (nSPS) is 17.3. The van der Waals surface area contributed by atoms with Gasteiger partial charge in [0.2, 0.25) is 0 Å². The fourth-order valence-electron chi connectivity index (χ4n) is 2.63. The molecule has 0 bridgehead atoms. The molecule has 1 unspecified atom stereocenters. The lowest BCUT2D eigenvalue weighted by Crippen LogP contribution is -2.43. The van der Waals surface area contributed by atoms with Gasteiger partial charge in [0, 0.05) is 23.2 Å². The summed E-state index contributed by atoms with van der Waals surface area (Å²) in [6, 6.07) is 5.55. The largest absolute Gasteiger partial charge is 0.481 e. The summed E-state index contributed by atoms with van der Waals surface area (Å²) in [4.78, 5) is 12.2. The molecule has 3 N–H and O–H groups in total. The van der Waals surface area contributed by atoms with E-state index in [9.17, 15) is 4.79 Å². The van der Waals surface area contributed by atoms with Gasteiger partial charge in [-0.2, -0.15) is 0 Å². The molecular weight excluding hydrogens is 288 g/mol. The first kappa shape index (κ1) is 16.1. The summed E-state index contributed by atoms with van der Waals surface area (Å²) in [7, 11) is 0. The summed E-state index contributed by atoms with van der Waals surface area (Å²) in [5.41, 5.74) is 6.49. The highest BCUT2D eigenvalue weighted by atomic mass is 35.5. The number of amides is 1. The molecule has 0 aromatic heterocycles. The van der Waals surface area contributed by atoms with Gasteiger partial charge >= 0.3 is 0 Å². The molecule has 1 aromatic carbocycles. The number of rotatable bonds is 5. The molecule has 2 rings (SSSR count). The van der Waals surface area contributed by atoms with Crippen LogP contribution in [0.25, 0.3) is 0 Å². The van der Waals surface area contributed by atoms with E-state index in [-0.39, 0.29) is 11.9 Å². The molecule has 21 heavy (non-hydrogen) atoms. The third-order valence-electron chi connectivity index (χ3n) is 3.87. The summed E-state index contributed by atoms with van der Waals surface area (Å²) in [6.45, 7) is 2.08. The van der Waals surface area contributed by atoms with Crippen molar-refractivity contribution in [3.8, 4) is 5.75 Å². The third kappa shape index (κ3) is 4.61. The molecule has 1 aliphatic carbocycles.